The van der Waals surface area contributed by atoms with Crippen LogP contribution in [0.5, 0.6) is 5.75 Å². The van der Waals surface area contributed by atoms with Gasteiger partial charge < -0.3 is 15.2 Å². The highest BCUT2D eigenvalue weighted by molar-refractivity contribution is 5.50. The Morgan fingerprint density at radius 2 is 2.20 bits per heavy atom. The van der Waals surface area contributed by atoms with E-state index in [9.17, 15) is 5.11 Å². The van der Waals surface area contributed by atoms with Crippen molar-refractivity contribution in [3.05, 3.63) is 28.8 Å². The van der Waals surface area contributed by atoms with Crippen molar-refractivity contribution in [2.75, 3.05) is 13.2 Å². The molecule has 3 nitrogen and oxygen atoms in total. The Balaban J connectivity index is 1.66. The molecule has 2 aliphatic rings. The molecule has 1 aromatic rings. The number of nitrogens with one attached hydrogen (secondary N) is 1. The lowest BCUT2D eigenvalue weighted by atomic mass is 9.97. The topological polar surface area (TPSA) is 41.5 Å². The van der Waals surface area contributed by atoms with Crippen LogP contribution in [0.25, 0.3) is 0 Å². The maximum absolute atomic E-state index is 10.2. The van der Waals surface area contributed by atoms with Crippen molar-refractivity contribution in [1.82, 2.24) is 5.32 Å². The second-order valence-corrected chi connectivity index (χ2v) is 6.30. The van der Waals surface area contributed by atoms with Gasteiger partial charge in [0.15, 0.2) is 0 Å². The van der Waals surface area contributed by atoms with Gasteiger partial charge in [0.05, 0.1) is 6.10 Å². The van der Waals surface area contributed by atoms with Gasteiger partial charge in [-0.25, -0.2) is 0 Å². The minimum atomic E-state index is 0.293. The smallest absolute Gasteiger partial charge is 0.120 e. The minimum Gasteiger partial charge on any atom is -0.508 e. The summed E-state index contributed by atoms with van der Waals surface area (Å²) in [5.74, 6) is 0.974. The van der Waals surface area contributed by atoms with Gasteiger partial charge in [0.25, 0.3) is 0 Å². The minimum absolute atomic E-state index is 0.293. The number of aryl methyl sites for hydroxylation is 1. The first-order chi connectivity index (χ1) is 9.66. The molecule has 0 aromatic heterocycles. The molecule has 3 unspecified atom stereocenters. The van der Waals surface area contributed by atoms with Crippen molar-refractivity contribution in [2.24, 2.45) is 0 Å². The van der Waals surface area contributed by atoms with Crippen molar-refractivity contribution in [2.45, 2.75) is 57.6 Å². The van der Waals surface area contributed by atoms with Crippen molar-refractivity contribution in [1.29, 1.82) is 0 Å². The molecule has 1 heterocycles. The molecule has 20 heavy (non-hydrogen) atoms. The summed E-state index contributed by atoms with van der Waals surface area (Å²) in [4.78, 5) is 0. The summed E-state index contributed by atoms with van der Waals surface area (Å²) < 4.78 is 5.66. The van der Waals surface area contributed by atoms with Gasteiger partial charge in [0.1, 0.15) is 5.75 Å². The molecule has 0 saturated carbocycles. The number of hydrogen-bond acceptors (Lipinski definition) is 3. The summed E-state index contributed by atoms with van der Waals surface area (Å²) in [6, 6.07) is 4.15. The lowest BCUT2D eigenvalue weighted by Gasteiger charge is -2.17. The maximum atomic E-state index is 10.2. The predicted molar refractivity (Wildman–Crippen MR) is 80.2 cm³/mol. The van der Waals surface area contributed by atoms with Gasteiger partial charge in [-0.3, -0.25) is 0 Å². The lowest BCUT2D eigenvalue weighted by molar-refractivity contribution is 0.103. The van der Waals surface area contributed by atoms with E-state index in [1.165, 1.54) is 24.0 Å². The van der Waals surface area contributed by atoms with Gasteiger partial charge in [-0.05, 0) is 62.3 Å². The fourth-order valence-corrected chi connectivity index (χ4v) is 3.82. The zero-order chi connectivity index (χ0) is 14.1. The number of phenolic OH excluding ortho intramolecular Hbond substituents is 1. The average molecular weight is 275 g/mol. The van der Waals surface area contributed by atoms with Gasteiger partial charge in [-0.15, -0.1) is 0 Å². The molecule has 1 aliphatic carbocycles. The summed E-state index contributed by atoms with van der Waals surface area (Å²) in [7, 11) is 0. The first kappa shape index (κ1) is 13.9. The highest BCUT2D eigenvalue weighted by Crippen LogP contribution is 2.45. The van der Waals surface area contributed by atoms with E-state index in [-0.39, 0.29) is 0 Å². The standard InChI is InChI=1S/C17H25NO2/c1-11-5-6-15(19)17-14(10-12(2)16(11)17)18-8-7-13-4-3-9-20-13/h5-6,12-14,18-19H,3-4,7-10H2,1-2H3. The maximum Gasteiger partial charge on any atom is 0.120 e. The van der Waals surface area contributed by atoms with E-state index in [0.717, 1.165) is 31.6 Å². The molecule has 1 aliphatic heterocycles. The molecule has 0 bridgehead atoms. The monoisotopic (exact) mass is 275 g/mol. The predicted octanol–water partition coefficient (Wildman–Crippen LogP) is 3.41. The molecule has 1 fully saturated rings. The van der Waals surface area contributed by atoms with Crippen molar-refractivity contribution in [3.63, 3.8) is 0 Å². The molecule has 3 atom stereocenters. The zero-order valence-electron chi connectivity index (χ0n) is 12.5. The Morgan fingerprint density at radius 1 is 1.35 bits per heavy atom. The van der Waals surface area contributed by atoms with Crippen LogP contribution >= 0.6 is 0 Å². The van der Waals surface area contributed by atoms with Crippen LogP contribution in [0.4, 0.5) is 0 Å². The van der Waals surface area contributed by atoms with Crippen LogP contribution in [-0.2, 0) is 4.74 Å². The van der Waals surface area contributed by atoms with Crippen LogP contribution < -0.4 is 5.32 Å². The first-order valence-corrected chi connectivity index (χ1v) is 7.84. The highest BCUT2D eigenvalue weighted by atomic mass is 16.5. The number of benzene rings is 1. The average Bonchev–Trinajstić information content (AvgIpc) is 3.03. The van der Waals surface area contributed by atoms with Crippen LogP contribution in [0.15, 0.2) is 12.1 Å². The van der Waals surface area contributed by atoms with E-state index in [0.29, 0.717) is 23.8 Å². The summed E-state index contributed by atoms with van der Waals surface area (Å²) in [6.45, 7) is 6.29. The molecule has 0 radical (unpaired) electrons. The second-order valence-electron chi connectivity index (χ2n) is 6.30. The summed E-state index contributed by atoms with van der Waals surface area (Å²) in [6.07, 6.45) is 5.00. The van der Waals surface area contributed by atoms with Crippen LogP contribution in [-0.4, -0.2) is 24.4 Å². The van der Waals surface area contributed by atoms with E-state index in [1.54, 1.807) is 0 Å². The Morgan fingerprint density at radius 3 is 2.95 bits per heavy atom. The fourth-order valence-electron chi connectivity index (χ4n) is 3.82. The summed E-state index contributed by atoms with van der Waals surface area (Å²) in [5.41, 5.74) is 3.78. The molecule has 0 spiro atoms. The van der Waals surface area contributed by atoms with Gasteiger partial charge in [-0.2, -0.15) is 0 Å². The van der Waals surface area contributed by atoms with Gasteiger partial charge in [-0.1, -0.05) is 13.0 Å². The van der Waals surface area contributed by atoms with Gasteiger partial charge >= 0.3 is 0 Å². The molecule has 3 heteroatoms. The normalized spacial score (nSPS) is 28.8. The van der Waals surface area contributed by atoms with Crippen molar-refractivity contribution < 1.29 is 9.84 Å². The molecule has 0 amide bonds. The van der Waals surface area contributed by atoms with Crippen LogP contribution in [0.3, 0.4) is 0 Å². The van der Waals surface area contributed by atoms with E-state index in [1.807, 2.05) is 12.1 Å². The van der Waals surface area contributed by atoms with Crippen LogP contribution in [0.1, 0.15) is 61.3 Å². The van der Waals surface area contributed by atoms with Crippen LogP contribution in [0, 0.1) is 6.92 Å². The number of phenols is 1. The molecular weight excluding hydrogens is 250 g/mol. The highest BCUT2D eigenvalue weighted by Gasteiger charge is 2.31. The van der Waals surface area contributed by atoms with Crippen molar-refractivity contribution >= 4 is 0 Å². The molecular formula is C17H25NO2. The summed E-state index contributed by atoms with van der Waals surface area (Å²) >= 11 is 0. The molecule has 1 saturated heterocycles. The third-order valence-corrected chi connectivity index (χ3v) is 4.79. The number of rotatable bonds is 4. The second kappa shape index (κ2) is 5.74. The first-order valence-electron chi connectivity index (χ1n) is 7.84. The number of fused-ring (bicyclic) bond motifs is 1. The quantitative estimate of drug-likeness (QED) is 0.885. The Bertz CT molecular complexity index is 480. The van der Waals surface area contributed by atoms with Crippen molar-refractivity contribution in [3.8, 4) is 5.75 Å². The molecule has 1 aromatic carbocycles. The Hall–Kier alpha value is -1.06. The Labute approximate surface area is 121 Å². The molecule has 110 valence electrons. The molecule has 3 rings (SSSR count). The fraction of sp³-hybridized carbons (Fsp3) is 0.647. The van der Waals surface area contributed by atoms with E-state index >= 15 is 0 Å². The third kappa shape index (κ3) is 2.57. The third-order valence-electron chi connectivity index (χ3n) is 4.79. The van der Waals surface area contributed by atoms with Gasteiger partial charge in [0, 0.05) is 18.2 Å². The van der Waals surface area contributed by atoms with E-state index in [2.05, 4.69) is 19.2 Å². The van der Waals surface area contributed by atoms with E-state index in [4.69, 9.17) is 4.74 Å². The summed E-state index contributed by atoms with van der Waals surface area (Å²) in [5, 5.41) is 13.8. The SMILES string of the molecule is Cc1ccc(O)c2c1C(C)CC2NCCC1CCCO1. The zero-order valence-corrected chi connectivity index (χ0v) is 12.5. The lowest BCUT2D eigenvalue weighted by Crippen LogP contribution is -2.24. The van der Waals surface area contributed by atoms with Crippen LogP contribution in [0.2, 0.25) is 0 Å². The molecule has 2 N–H and O–H groups in total. The number of ether oxygens (including phenoxy) is 1. The van der Waals surface area contributed by atoms with E-state index < -0.39 is 0 Å². The van der Waals surface area contributed by atoms with Gasteiger partial charge in [0.2, 0.25) is 0 Å². The Kier molecular flexibility index (Phi) is 3.99. The number of hydrogen-bond donors (Lipinski definition) is 2. The number of aromatic hydroxyl groups is 1. The largest absolute Gasteiger partial charge is 0.508 e.